The Bertz CT molecular complexity index is 619. The van der Waals surface area contributed by atoms with E-state index < -0.39 is 5.97 Å². The van der Waals surface area contributed by atoms with Gasteiger partial charge in [-0.15, -0.1) is 0 Å². The van der Waals surface area contributed by atoms with Crippen LogP contribution in [0.1, 0.15) is 31.5 Å². The van der Waals surface area contributed by atoms with Crippen molar-refractivity contribution < 1.29 is 9.90 Å². The first-order valence-electron chi connectivity index (χ1n) is 7.34. The summed E-state index contributed by atoms with van der Waals surface area (Å²) in [5.74, 6) is -0.692. The van der Waals surface area contributed by atoms with Gasteiger partial charge in [0.05, 0.1) is 17.8 Å². The van der Waals surface area contributed by atoms with E-state index in [-0.39, 0.29) is 5.92 Å². The Morgan fingerprint density at radius 2 is 2.24 bits per heavy atom. The van der Waals surface area contributed by atoms with Gasteiger partial charge in [-0.2, -0.15) is 0 Å². The van der Waals surface area contributed by atoms with E-state index >= 15 is 0 Å². The minimum atomic E-state index is -0.731. The molecule has 0 aliphatic rings. The highest BCUT2D eigenvalue weighted by atomic mass is 16.4. The second kappa shape index (κ2) is 6.72. The van der Waals surface area contributed by atoms with Crippen molar-refractivity contribution in [3.05, 3.63) is 35.8 Å². The van der Waals surface area contributed by atoms with E-state index in [1.807, 2.05) is 49.7 Å². The minimum Gasteiger partial charge on any atom is -0.481 e. The Balaban J connectivity index is 1.98. The van der Waals surface area contributed by atoms with Crippen molar-refractivity contribution in [3.63, 3.8) is 0 Å². The Labute approximate surface area is 125 Å². The smallest absolute Gasteiger partial charge is 0.307 e. The Morgan fingerprint density at radius 1 is 1.48 bits per heavy atom. The number of carboxylic acid groups (broad SMARTS) is 1. The second-order valence-electron chi connectivity index (χ2n) is 5.93. The zero-order chi connectivity index (χ0) is 15.4. The van der Waals surface area contributed by atoms with Gasteiger partial charge in [-0.3, -0.25) is 4.79 Å². The van der Waals surface area contributed by atoms with Gasteiger partial charge in [-0.25, -0.2) is 4.98 Å². The van der Waals surface area contributed by atoms with Crippen molar-refractivity contribution in [2.75, 3.05) is 6.54 Å². The maximum absolute atomic E-state index is 11.2. The standard InChI is InChI=1S/C16H23N3O2/c1-11(2)7-13(16(20)21)8-17-9-14-10-18-15-12(3)5-4-6-19(14)15/h4-6,10-11,13,17H,7-9H2,1-3H3,(H,20,21). The van der Waals surface area contributed by atoms with Crippen molar-refractivity contribution in [2.24, 2.45) is 11.8 Å². The molecule has 2 aromatic rings. The average Bonchev–Trinajstić information content (AvgIpc) is 2.82. The van der Waals surface area contributed by atoms with Crippen molar-refractivity contribution in [2.45, 2.75) is 33.7 Å². The molecule has 0 saturated heterocycles. The number of carbonyl (C=O) groups is 1. The molecule has 21 heavy (non-hydrogen) atoms. The van der Waals surface area contributed by atoms with Crippen LogP contribution in [0.15, 0.2) is 24.5 Å². The number of aromatic nitrogens is 2. The van der Waals surface area contributed by atoms with Gasteiger partial charge >= 0.3 is 5.97 Å². The molecular weight excluding hydrogens is 266 g/mol. The number of fused-ring (bicyclic) bond motifs is 1. The summed E-state index contributed by atoms with van der Waals surface area (Å²) in [6.45, 7) is 7.22. The van der Waals surface area contributed by atoms with Crippen molar-refractivity contribution >= 4 is 11.6 Å². The molecule has 0 aromatic carbocycles. The quantitative estimate of drug-likeness (QED) is 0.822. The van der Waals surface area contributed by atoms with E-state index in [1.165, 1.54) is 0 Å². The predicted molar refractivity (Wildman–Crippen MR) is 82.2 cm³/mol. The normalized spacial score (nSPS) is 13.0. The van der Waals surface area contributed by atoms with Crippen LogP contribution in [0.3, 0.4) is 0 Å². The van der Waals surface area contributed by atoms with Gasteiger partial charge in [0.25, 0.3) is 0 Å². The van der Waals surface area contributed by atoms with Gasteiger partial charge in [0.15, 0.2) is 0 Å². The van der Waals surface area contributed by atoms with Crippen LogP contribution in [0.4, 0.5) is 0 Å². The Morgan fingerprint density at radius 3 is 2.90 bits per heavy atom. The molecule has 1 atom stereocenters. The molecule has 1 unspecified atom stereocenters. The number of hydrogen-bond acceptors (Lipinski definition) is 3. The summed E-state index contributed by atoms with van der Waals surface area (Å²) in [4.78, 5) is 15.6. The lowest BCUT2D eigenvalue weighted by Crippen LogP contribution is -2.29. The van der Waals surface area contributed by atoms with E-state index in [1.54, 1.807) is 0 Å². The highest BCUT2D eigenvalue weighted by molar-refractivity contribution is 5.70. The van der Waals surface area contributed by atoms with Gasteiger partial charge in [0.1, 0.15) is 5.65 Å². The van der Waals surface area contributed by atoms with E-state index in [2.05, 4.69) is 10.3 Å². The highest BCUT2D eigenvalue weighted by Gasteiger charge is 2.18. The van der Waals surface area contributed by atoms with Gasteiger partial charge in [-0.1, -0.05) is 19.9 Å². The van der Waals surface area contributed by atoms with Crippen LogP contribution in [0.25, 0.3) is 5.65 Å². The number of nitrogens with zero attached hydrogens (tertiary/aromatic N) is 2. The zero-order valence-electron chi connectivity index (χ0n) is 12.8. The SMILES string of the molecule is Cc1cccn2c(CNCC(CC(C)C)C(=O)O)cnc12. The van der Waals surface area contributed by atoms with E-state index in [0.717, 1.165) is 16.9 Å². The molecule has 2 heterocycles. The number of imidazole rings is 1. The van der Waals surface area contributed by atoms with Gasteiger partial charge in [-0.05, 0) is 30.9 Å². The summed E-state index contributed by atoms with van der Waals surface area (Å²) in [5.41, 5.74) is 3.13. The molecule has 2 rings (SSSR count). The zero-order valence-corrected chi connectivity index (χ0v) is 12.8. The molecule has 0 fully saturated rings. The number of aryl methyl sites for hydroxylation is 1. The molecule has 0 saturated carbocycles. The minimum absolute atomic E-state index is 0.342. The summed E-state index contributed by atoms with van der Waals surface area (Å²) < 4.78 is 2.04. The number of aliphatic carboxylic acids is 1. The van der Waals surface area contributed by atoms with E-state index in [0.29, 0.717) is 25.4 Å². The maximum Gasteiger partial charge on any atom is 0.307 e. The number of carboxylic acids is 1. The molecule has 114 valence electrons. The summed E-state index contributed by atoms with van der Waals surface area (Å²) in [6, 6.07) is 4.02. The van der Waals surface area contributed by atoms with Crippen molar-refractivity contribution in [1.82, 2.24) is 14.7 Å². The summed E-state index contributed by atoms with van der Waals surface area (Å²) in [7, 11) is 0. The van der Waals surface area contributed by atoms with Crippen LogP contribution in [-0.2, 0) is 11.3 Å². The molecule has 0 spiro atoms. The predicted octanol–water partition coefficient (Wildman–Crippen LogP) is 2.48. The van der Waals surface area contributed by atoms with Crippen LogP contribution >= 0.6 is 0 Å². The molecular formula is C16H23N3O2. The highest BCUT2D eigenvalue weighted by Crippen LogP contribution is 2.13. The largest absolute Gasteiger partial charge is 0.481 e. The first-order valence-corrected chi connectivity index (χ1v) is 7.34. The molecule has 2 N–H and O–H groups in total. The number of pyridine rings is 1. The fraction of sp³-hybridized carbons (Fsp3) is 0.500. The van der Waals surface area contributed by atoms with Crippen molar-refractivity contribution in [3.8, 4) is 0 Å². The lowest BCUT2D eigenvalue weighted by molar-refractivity contribution is -0.142. The molecule has 0 aliphatic heterocycles. The van der Waals surface area contributed by atoms with Gasteiger partial charge in [0.2, 0.25) is 0 Å². The van der Waals surface area contributed by atoms with Crippen LogP contribution in [0.5, 0.6) is 0 Å². The first-order chi connectivity index (χ1) is 9.99. The molecule has 0 radical (unpaired) electrons. The van der Waals surface area contributed by atoms with E-state index in [9.17, 15) is 9.90 Å². The van der Waals surface area contributed by atoms with Gasteiger partial charge in [0, 0.05) is 19.3 Å². The third-order valence-corrected chi connectivity index (χ3v) is 3.61. The van der Waals surface area contributed by atoms with Crippen LogP contribution in [0.2, 0.25) is 0 Å². The maximum atomic E-state index is 11.2. The van der Waals surface area contributed by atoms with E-state index in [4.69, 9.17) is 0 Å². The lowest BCUT2D eigenvalue weighted by atomic mass is 9.97. The van der Waals surface area contributed by atoms with Crippen LogP contribution in [-0.4, -0.2) is 27.0 Å². The van der Waals surface area contributed by atoms with Gasteiger partial charge < -0.3 is 14.8 Å². The topological polar surface area (TPSA) is 66.6 Å². The fourth-order valence-electron chi connectivity index (χ4n) is 2.55. The molecule has 0 aliphatic carbocycles. The summed E-state index contributed by atoms with van der Waals surface area (Å²) >= 11 is 0. The van der Waals surface area contributed by atoms with Crippen LogP contribution < -0.4 is 5.32 Å². The first kappa shape index (κ1) is 15.5. The third kappa shape index (κ3) is 3.82. The van der Waals surface area contributed by atoms with Crippen LogP contribution in [0, 0.1) is 18.8 Å². The Kier molecular flexibility index (Phi) is 4.96. The average molecular weight is 289 g/mol. The number of rotatable bonds is 7. The monoisotopic (exact) mass is 289 g/mol. The number of hydrogen-bond donors (Lipinski definition) is 2. The summed E-state index contributed by atoms with van der Waals surface area (Å²) in [5, 5.41) is 12.5. The lowest BCUT2D eigenvalue weighted by Gasteiger charge is -2.15. The molecule has 5 nitrogen and oxygen atoms in total. The fourth-order valence-corrected chi connectivity index (χ4v) is 2.55. The molecule has 0 bridgehead atoms. The molecule has 0 amide bonds. The molecule has 5 heteroatoms. The Hall–Kier alpha value is -1.88. The second-order valence-corrected chi connectivity index (χ2v) is 5.93. The van der Waals surface area contributed by atoms with Crippen molar-refractivity contribution in [1.29, 1.82) is 0 Å². The molecule has 2 aromatic heterocycles. The third-order valence-electron chi connectivity index (χ3n) is 3.61. The number of nitrogens with one attached hydrogen (secondary N) is 1. The summed E-state index contributed by atoms with van der Waals surface area (Å²) in [6.07, 6.45) is 4.51.